The van der Waals surface area contributed by atoms with Gasteiger partial charge in [-0.05, 0) is 17.7 Å². The van der Waals surface area contributed by atoms with E-state index in [9.17, 15) is 0 Å². The first-order valence-electron chi connectivity index (χ1n) is 5.23. The van der Waals surface area contributed by atoms with Gasteiger partial charge in [0.2, 0.25) is 0 Å². The summed E-state index contributed by atoms with van der Waals surface area (Å²) in [5.41, 5.74) is 3.15. The van der Waals surface area contributed by atoms with Crippen LogP contribution in [0.4, 0.5) is 0 Å². The molecule has 0 unspecified atom stereocenters. The Labute approximate surface area is 93.4 Å². The second-order valence-corrected chi connectivity index (χ2v) is 3.70. The Kier molecular flexibility index (Phi) is 2.14. The molecule has 0 amide bonds. The second kappa shape index (κ2) is 3.77. The van der Waals surface area contributed by atoms with Gasteiger partial charge in [-0.2, -0.15) is 0 Å². The number of pyridine rings is 1. The lowest BCUT2D eigenvalue weighted by Crippen LogP contribution is -1.97. The molecule has 3 rings (SSSR count). The fraction of sp³-hybridized carbons (Fsp3) is 0.0769. The van der Waals surface area contributed by atoms with Crippen LogP contribution in [0, 0.1) is 0 Å². The quantitative estimate of drug-likeness (QED) is 0.649. The molecule has 1 aromatic carbocycles. The molecule has 0 aliphatic carbocycles. The average molecular weight is 209 g/mol. The van der Waals surface area contributed by atoms with Crippen molar-refractivity contribution in [2.75, 3.05) is 0 Å². The van der Waals surface area contributed by atoms with Gasteiger partial charge in [0, 0.05) is 12.7 Å². The number of aromatic nitrogens is 3. The Morgan fingerprint density at radius 2 is 1.81 bits per heavy atom. The van der Waals surface area contributed by atoms with Crippen LogP contribution in [0.15, 0.2) is 55.0 Å². The van der Waals surface area contributed by atoms with E-state index in [1.807, 2.05) is 36.7 Å². The van der Waals surface area contributed by atoms with Gasteiger partial charge in [-0.1, -0.05) is 30.3 Å². The van der Waals surface area contributed by atoms with Crippen LogP contribution in [0.1, 0.15) is 5.56 Å². The third-order valence-corrected chi connectivity index (χ3v) is 2.59. The van der Waals surface area contributed by atoms with E-state index in [1.54, 1.807) is 6.20 Å². The minimum absolute atomic E-state index is 0.804. The van der Waals surface area contributed by atoms with E-state index in [1.165, 1.54) is 5.56 Å². The number of hydrogen-bond donors (Lipinski definition) is 0. The molecular weight excluding hydrogens is 198 g/mol. The Balaban J connectivity index is 2.01. The number of nitrogens with zero attached hydrogens (tertiary/aromatic N) is 3. The fourth-order valence-corrected chi connectivity index (χ4v) is 1.80. The fourth-order valence-electron chi connectivity index (χ4n) is 1.80. The van der Waals surface area contributed by atoms with Crippen LogP contribution in [0.3, 0.4) is 0 Å². The zero-order valence-corrected chi connectivity index (χ0v) is 8.74. The maximum absolute atomic E-state index is 4.27. The number of rotatable bonds is 2. The van der Waals surface area contributed by atoms with Gasteiger partial charge in [-0.3, -0.25) is 0 Å². The van der Waals surface area contributed by atoms with Crippen LogP contribution in [0.25, 0.3) is 11.2 Å². The summed E-state index contributed by atoms with van der Waals surface area (Å²) in [4.78, 5) is 8.48. The highest BCUT2D eigenvalue weighted by Crippen LogP contribution is 2.11. The Morgan fingerprint density at radius 1 is 0.938 bits per heavy atom. The van der Waals surface area contributed by atoms with Crippen LogP contribution in [-0.2, 0) is 6.54 Å². The first-order valence-corrected chi connectivity index (χ1v) is 5.23. The minimum atomic E-state index is 0.804. The molecule has 0 N–H and O–H groups in total. The second-order valence-electron chi connectivity index (χ2n) is 3.70. The van der Waals surface area contributed by atoms with Crippen molar-refractivity contribution in [2.45, 2.75) is 6.54 Å². The number of imidazole rings is 1. The molecule has 0 aliphatic rings. The predicted molar refractivity (Wildman–Crippen MR) is 63.1 cm³/mol. The summed E-state index contributed by atoms with van der Waals surface area (Å²) in [6, 6.07) is 14.3. The Hall–Kier alpha value is -2.16. The topological polar surface area (TPSA) is 30.7 Å². The monoisotopic (exact) mass is 209 g/mol. The molecule has 3 heteroatoms. The van der Waals surface area contributed by atoms with E-state index < -0.39 is 0 Å². The van der Waals surface area contributed by atoms with Crippen molar-refractivity contribution < 1.29 is 0 Å². The zero-order chi connectivity index (χ0) is 10.8. The molecule has 0 aliphatic heterocycles. The SMILES string of the molecule is c1ccc(Cn2cnc3ncccc32)cc1. The molecule has 0 saturated heterocycles. The normalized spacial score (nSPS) is 10.8. The Morgan fingerprint density at radius 3 is 2.69 bits per heavy atom. The summed E-state index contributed by atoms with van der Waals surface area (Å²) in [6.45, 7) is 0.836. The summed E-state index contributed by atoms with van der Waals surface area (Å²) >= 11 is 0. The highest BCUT2D eigenvalue weighted by Gasteiger charge is 2.02. The summed E-state index contributed by atoms with van der Waals surface area (Å²) in [6.07, 6.45) is 3.60. The van der Waals surface area contributed by atoms with E-state index >= 15 is 0 Å². The van der Waals surface area contributed by atoms with Gasteiger partial charge >= 0.3 is 0 Å². The van der Waals surface area contributed by atoms with Gasteiger partial charge in [-0.25, -0.2) is 9.97 Å². The maximum atomic E-state index is 4.27. The van der Waals surface area contributed by atoms with E-state index in [0.29, 0.717) is 0 Å². The van der Waals surface area contributed by atoms with E-state index in [4.69, 9.17) is 0 Å². The summed E-state index contributed by atoms with van der Waals surface area (Å²) < 4.78 is 2.11. The summed E-state index contributed by atoms with van der Waals surface area (Å²) in [7, 11) is 0. The zero-order valence-electron chi connectivity index (χ0n) is 8.74. The van der Waals surface area contributed by atoms with Gasteiger partial charge in [0.05, 0.1) is 11.8 Å². The van der Waals surface area contributed by atoms with E-state index in [0.717, 1.165) is 17.7 Å². The van der Waals surface area contributed by atoms with Crippen LogP contribution in [0.5, 0.6) is 0 Å². The predicted octanol–water partition coefficient (Wildman–Crippen LogP) is 2.48. The maximum Gasteiger partial charge on any atom is 0.177 e. The van der Waals surface area contributed by atoms with Crippen LogP contribution in [-0.4, -0.2) is 14.5 Å². The van der Waals surface area contributed by atoms with Crippen molar-refractivity contribution in [3.05, 3.63) is 60.6 Å². The molecule has 16 heavy (non-hydrogen) atoms. The Bertz CT molecular complexity index is 599. The molecule has 0 fully saturated rings. The molecule has 0 atom stereocenters. The molecule has 2 heterocycles. The molecule has 3 nitrogen and oxygen atoms in total. The molecule has 78 valence electrons. The molecule has 0 bridgehead atoms. The third kappa shape index (κ3) is 1.56. The third-order valence-electron chi connectivity index (χ3n) is 2.59. The molecule has 3 aromatic rings. The number of fused-ring (bicyclic) bond motifs is 1. The number of benzene rings is 1. The van der Waals surface area contributed by atoms with Gasteiger partial charge < -0.3 is 4.57 Å². The van der Waals surface area contributed by atoms with Crippen molar-refractivity contribution >= 4 is 11.2 Å². The van der Waals surface area contributed by atoms with Crippen LogP contribution in [0.2, 0.25) is 0 Å². The standard InChI is InChI=1S/C13H11N3/c1-2-5-11(6-3-1)9-16-10-15-13-12(16)7-4-8-14-13/h1-8,10H,9H2. The smallest absolute Gasteiger partial charge is 0.177 e. The molecule has 0 spiro atoms. The summed E-state index contributed by atoms with van der Waals surface area (Å²) in [5, 5.41) is 0. The summed E-state index contributed by atoms with van der Waals surface area (Å²) in [5.74, 6) is 0. The van der Waals surface area contributed by atoms with Crippen molar-refractivity contribution in [3.63, 3.8) is 0 Å². The molecule has 0 radical (unpaired) electrons. The molecule has 2 aromatic heterocycles. The van der Waals surface area contributed by atoms with Gasteiger partial charge in [0.1, 0.15) is 0 Å². The van der Waals surface area contributed by atoms with Gasteiger partial charge in [-0.15, -0.1) is 0 Å². The van der Waals surface area contributed by atoms with E-state index in [-0.39, 0.29) is 0 Å². The first-order chi connectivity index (χ1) is 7.93. The van der Waals surface area contributed by atoms with Crippen molar-refractivity contribution in [3.8, 4) is 0 Å². The molecular formula is C13H11N3. The largest absolute Gasteiger partial charge is 0.325 e. The van der Waals surface area contributed by atoms with Gasteiger partial charge in [0.15, 0.2) is 5.65 Å². The minimum Gasteiger partial charge on any atom is -0.325 e. The highest BCUT2D eigenvalue weighted by molar-refractivity contribution is 5.70. The lowest BCUT2D eigenvalue weighted by atomic mass is 10.2. The molecule has 0 saturated carbocycles. The first kappa shape index (κ1) is 9.09. The van der Waals surface area contributed by atoms with Crippen LogP contribution < -0.4 is 0 Å². The van der Waals surface area contributed by atoms with Crippen molar-refractivity contribution in [1.29, 1.82) is 0 Å². The lowest BCUT2D eigenvalue weighted by molar-refractivity contribution is 0.824. The number of hydrogen-bond acceptors (Lipinski definition) is 2. The highest BCUT2D eigenvalue weighted by atomic mass is 15.1. The van der Waals surface area contributed by atoms with E-state index in [2.05, 4.69) is 26.7 Å². The van der Waals surface area contributed by atoms with Gasteiger partial charge in [0.25, 0.3) is 0 Å². The lowest BCUT2D eigenvalue weighted by Gasteiger charge is -2.03. The average Bonchev–Trinajstić information content (AvgIpc) is 2.74. The van der Waals surface area contributed by atoms with Crippen LogP contribution >= 0.6 is 0 Å². The van der Waals surface area contributed by atoms with Crippen molar-refractivity contribution in [1.82, 2.24) is 14.5 Å². The van der Waals surface area contributed by atoms with Crippen molar-refractivity contribution in [2.24, 2.45) is 0 Å².